The van der Waals surface area contributed by atoms with Crippen molar-refractivity contribution in [3.63, 3.8) is 0 Å². The molecule has 29 heavy (non-hydrogen) atoms. The van der Waals surface area contributed by atoms with E-state index in [0.29, 0.717) is 24.3 Å². The number of rotatable bonds is 5. The van der Waals surface area contributed by atoms with Gasteiger partial charge in [0, 0.05) is 5.56 Å². The molecule has 1 aliphatic carbocycles. The zero-order valence-corrected chi connectivity index (χ0v) is 17.2. The van der Waals surface area contributed by atoms with E-state index in [9.17, 15) is 19.2 Å². The highest BCUT2D eigenvalue weighted by atomic mass is 16.5. The number of Topliss-reactive ketones (excluding diaryl/α,β-unsaturated/α-hetero) is 1. The molecule has 7 nitrogen and oxygen atoms in total. The number of urea groups is 1. The van der Waals surface area contributed by atoms with E-state index >= 15 is 0 Å². The van der Waals surface area contributed by atoms with Crippen LogP contribution in [0.15, 0.2) is 30.3 Å². The Balaban J connectivity index is 1.55. The topological polar surface area (TPSA) is 92.8 Å². The van der Waals surface area contributed by atoms with Gasteiger partial charge in [-0.2, -0.15) is 0 Å². The molecule has 1 heterocycles. The summed E-state index contributed by atoms with van der Waals surface area (Å²) in [5.41, 5.74) is -0.328. The van der Waals surface area contributed by atoms with Crippen LogP contribution in [0.3, 0.4) is 0 Å². The second kappa shape index (κ2) is 7.97. The van der Waals surface area contributed by atoms with Crippen LogP contribution in [-0.2, 0) is 14.3 Å². The van der Waals surface area contributed by atoms with Gasteiger partial charge < -0.3 is 10.1 Å². The van der Waals surface area contributed by atoms with Crippen molar-refractivity contribution in [2.75, 3.05) is 13.2 Å². The van der Waals surface area contributed by atoms with Crippen molar-refractivity contribution in [1.29, 1.82) is 0 Å². The number of hydrogen-bond acceptors (Lipinski definition) is 5. The predicted molar refractivity (Wildman–Crippen MR) is 106 cm³/mol. The van der Waals surface area contributed by atoms with Crippen molar-refractivity contribution in [1.82, 2.24) is 10.2 Å². The number of carbonyl (C=O) groups is 4. The summed E-state index contributed by atoms with van der Waals surface area (Å²) in [6, 6.07) is 7.91. The molecule has 2 fully saturated rings. The lowest BCUT2D eigenvalue weighted by molar-refractivity contribution is -0.147. The molecule has 0 bridgehead atoms. The Kier molecular flexibility index (Phi) is 5.78. The first-order valence-corrected chi connectivity index (χ1v) is 10.0. The fourth-order valence-corrected chi connectivity index (χ4v) is 4.16. The molecule has 1 aromatic rings. The van der Waals surface area contributed by atoms with Gasteiger partial charge in [-0.05, 0) is 37.0 Å². The van der Waals surface area contributed by atoms with Gasteiger partial charge in [0.05, 0.1) is 0 Å². The smallest absolute Gasteiger partial charge is 0.326 e. The summed E-state index contributed by atoms with van der Waals surface area (Å²) in [6.45, 7) is 5.64. The second-order valence-electron chi connectivity index (χ2n) is 8.99. The summed E-state index contributed by atoms with van der Waals surface area (Å²) in [5, 5.41) is 2.80. The van der Waals surface area contributed by atoms with E-state index in [1.54, 1.807) is 30.3 Å². The second-order valence-corrected chi connectivity index (χ2v) is 8.99. The molecule has 3 amide bonds. The lowest BCUT2D eigenvalue weighted by atomic mass is 9.67. The average Bonchev–Trinajstić information content (AvgIpc) is 2.90. The van der Waals surface area contributed by atoms with Gasteiger partial charge in [0.2, 0.25) is 0 Å². The van der Waals surface area contributed by atoms with Gasteiger partial charge in [-0.3, -0.25) is 19.3 Å². The van der Waals surface area contributed by atoms with E-state index in [1.807, 2.05) is 0 Å². The lowest BCUT2D eigenvalue weighted by Gasteiger charge is -2.40. The highest BCUT2D eigenvalue weighted by Crippen LogP contribution is 2.43. The molecule has 0 aromatic heterocycles. The maximum atomic E-state index is 12.9. The van der Waals surface area contributed by atoms with Gasteiger partial charge in [0.15, 0.2) is 12.4 Å². The van der Waals surface area contributed by atoms with Crippen molar-refractivity contribution in [3.05, 3.63) is 35.9 Å². The summed E-state index contributed by atoms with van der Waals surface area (Å²) in [5.74, 6) is -1.01. The fourth-order valence-electron chi connectivity index (χ4n) is 4.16. The molecule has 0 unspecified atom stereocenters. The quantitative estimate of drug-likeness (QED) is 0.466. The third-order valence-electron chi connectivity index (χ3n) is 6.06. The average molecular weight is 400 g/mol. The van der Waals surface area contributed by atoms with Crippen LogP contribution in [0.4, 0.5) is 4.79 Å². The number of nitrogens with one attached hydrogen (secondary N) is 1. The number of benzene rings is 1. The summed E-state index contributed by atoms with van der Waals surface area (Å²) >= 11 is 0. The van der Waals surface area contributed by atoms with Gasteiger partial charge >= 0.3 is 12.0 Å². The molecule has 0 radical (unpaired) electrons. The summed E-state index contributed by atoms with van der Waals surface area (Å²) in [6.07, 6.45) is 2.83. The molecule has 1 N–H and O–H groups in total. The van der Waals surface area contributed by atoms with Crippen LogP contribution in [0, 0.1) is 11.3 Å². The van der Waals surface area contributed by atoms with Crippen molar-refractivity contribution >= 4 is 23.7 Å². The maximum absolute atomic E-state index is 12.9. The zero-order chi connectivity index (χ0) is 21.2. The highest BCUT2D eigenvalue weighted by molar-refractivity contribution is 6.09. The Morgan fingerprint density at radius 1 is 1.14 bits per heavy atom. The molecular formula is C22H28N2O5. The number of carbonyl (C=O) groups excluding carboxylic acids is 4. The van der Waals surface area contributed by atoms with Crippen molar-refractivity contribution in [3.8, 4) is 0 Å². The number of ether oxygens (including phenoxy) is 1. The monoisotopic (exact) mass is 400 g/mol. The van der Waals surface area contributed by atoms with E-state index in [1.165, 1.54) is 0 Å². The van der Waals surface area contributed by atoms with E-state index in [0.717, 1.165) is 17.7 Å². The van der Waals surface area contributed by atoms with Gasteiger partial charge in [0.1, 0.15) is 12.1 Å². The standard InChI is InChI=1S/C22H28N2O5/c1-21(2,3)16-9-11-22(12-10-16)19(27)24(20(28)23-22)13-18(26)29-14-17(25)15-7-5-4-6-8-15/h4-8,16H,9-14H2,1-3H3,(H,23,28). The largest absolute Gasteiger partial charge is 0.456 e. The van der Waals surface area contributed by atoms with E-state index in [2.05, 4.69) is 26.1 Å². The van der Waals surface area contributed by atoms with Crippen LogP contribution < -0.4 is 5.32 Å². The first kappa shape index (κ1) is 21.0. The summed E-state index contributed by atoms with van der Waals surface area (Å²) < 4.78 is 4.99. The number of imide groups is 1. The minimum absolute atomic E-state index is 0.155. The van der Waals surface area contributed by atoms with E-state index < -0.39 is 30.7 Å². The van der Waals surface area contributed by atoms with Gasteiger partial charge in [0.25, 0.3) is 5.91 Å². The molecule has 7 heteroatoms. The molecule has 1 saturated heterocycles. The zero-order valence-electron chi connectivity index (χ0n) is 17.2. The molecule has 1 saturated carbocycles. The number of hydrogen-bond donors (Lipinski definition) is 1. The lowest BCUT2D eigenvalue weighted by Crippen LogP contribution is -2.50. The fraction of sp³-hybridized carbons (Fsp3) is 0.545. The summed E-state index contributed by atoms with van der Waals surface area (Å²) in [7, 11) is 0. The molecule has 3 rings (SSSR count). The van der Waals surface area contributed by atoms with Gasteiger partial charge in [-0.1, -0.05) is 51.1 Å². The molecule has 156 valence electrons. The Morgan fingerprint density at radius 3 is 2.34 bits per heavy atom. The normalized spacial score (nSPS) is 24.5. The maximum Gasteiger partial charge on any atom is 0.326 e. The summed E-state index contributed by atoms with van der Waals surface area (Å²) in [4.78, 5) is 50.3. The van der Waals surface area contributed by atoms with Crippen LogP contribution in [-0.4, -0.2) is 47.3 Å². The van der Waals surface area contributed by atoms with Crippen LogP contribution >= 0.6 is 0 Å². The first-order valence-electron chi connectivity index (χ1n) is 10.0. The van der Waals surface area contributed by atoms with Gasteiger partial charge in [-0.25, -0.2) is 4.79 Å². The Bertz CT molecular complexity index is 804. The molecule has 1 aliphatic heterocycles. The Labute approximate surface area is 170 Å². The van der Waals surface area contributed by atoms with Crippen molar-refractivity contribution in [2.24, 2.45) is 11.3 Å². The van der Waals surface area contributed by atoms with E-state index in [-0.39, 0.29) is 17.1 Å². The third kappa shape index (κ3) is 4.49. The molecule has 1 aromatic carbocycles. The number of ketones is 1. The van der Waals surface area contributed by atoms with Crippen LogP contribution in [0.5, 0.6) is 0 Å². The van der Waals surface area contributed by atoms with Crippen LogP contribution in [0.25, 0.3) is 0 Å². The van der Waals surface area contributed by atoms with Gasteiger partial charge in [-0.15, -0.1) is 0 Å². The molecule has 2 aliphatic rings. The number of amides is 3. The predicted octanol–water partition coefficient (Wildman–Crippen LogP) is 2.94. The van der Waals surface area contributed by atoms with Crippen molar-refractivity contribution in [2.45, 2.75) is 52.0 Å². The first-order chi connectivity index (χ1) is 13.6. The molecular weight excluding hydrogens is 372 g/mol. The van der Waals surface area contributed by atoms with E-state index in [4.69, 9.17) is 4.74 Å². The SMILES string of the molecule is CC(C)(C)C1CCC2(CC1)NC(=O)N(CC(=O)OCC(=O)c1ccccc1)C2=O. The minimum atomic E-state index is -0.918. The van der Waals surface area contributed by atoms with Crippen LogP contribution in [0.2, 0.25) is 0 Å². The number of esters is 1. The minimum Gasteiger partial charge on any atom is -0.456 e. The Hall–Kier alpha value is -2.70. The third-order valence-corrected chi connectivity index (χ3v) is 6.06. The Morgan fingerprint density at radius 2 is 1.76 bits per heavy atom. The van der Waals surface area contributed by atoms with Crippen LogP contribution in [0.1, 0.15) is 56.8 Å². The number of nitrogens with zero attached hydrogens (tertiary/aromatic N) is 1. The molecule has 0 atom stereocenters. The molecule has 1 spiro atoms. The van der Waals surface area contributed by atoms with Crippen molar-refractivity contribution < 1.29 is 23.9 Å². The highest BCUT2D eigenvalue weighted by Gasteiger charge is 2.53.